The van der Waals surface area contributed by atoms with Crippen LogP contribution >= 0.6 is 0 Å². The molecular weight excluding hydrogens is 270 g/mol. The first-order valence-corrected chi connectivity index (χ1v) is 8.32. The molecule has 2 aliphatic rings. The standard InChI is InChI=1S/C11H17N3O4S/c15-19(16)5-3-8(7-19)12-6-10-13-11(14-18-10)9-2-1-4-17-9/h8-9,12H,1-7H2. The first kappa shape index (κ1) is 13.0. The van der Waals surface area contributed by atoms with Gasteiger partial charge in [-0.05, 0) is 19.3 Å². The van der Waals surface area contributed by atoms with Crippen LogP contribution in [0, 0.1) is 0 Å². The lowest BCUT2D eigenvalue weighted by atomic mass is 10.2. The van der Waals surface area contributed by atoms with E-state index in [4.69, 9.17) is 9.26 Å². The summed E-state index contributed by atoms with van der Waals surface area (Å²) in [6, 6.07) is -0.0110. The summed E-state index contributed by atoms with van der Waals surface area (Å²) in [7, 11) is -2.86. The fraction of sp³-hybridized carbons (Fsp3) is 0.818. The van der Waals surface area contributed by atoms with E-state index >= 15 is 0 Å². The molecule has 0 aromatic carbocycles. The summed E-state index contributed by atoms with van der Waals surface area (Å²) >= 11 is 0. The number of sulfone groups is 1. The van der Waals surface area contributed by atoms with Gasteiger partial charge in [-0.2, -0.15) is 4.98 Å². The second kappa shape index (κ2) is 5.18. The summed E-state index contributed by atoms with van der Waals surface area (Å²) < 4.78 is 33.3. The second-order valence-electron chi connectivity index (χ2n) is 5.03. The SMILES string of the molecule is O=S1(=O)CCC(NCc2nc(C3CCCO3)no2)C1. The molecule has 0 spiro atoms. The molecule has 7 nitrogen and oxygen atoms in total. The van der Waals surface area contributed by atoms with Gasteiger partial charge in [-0.25, -0.2) is 8.42 Å². The Morgan fingerprint density at radius 3 is 2.95 bits per heavy atom. The predicted octanol–water partition coefficient (Wildman–Crippen LogP) is 0.198. The monoisotopic (exact) mass is 287 g/mol. The summed E-state index contributed by atoms with van der Waals surface area (Å²) in [6.45, 7) is 1.15. The average molecular weight is 287 g/mol. The predicted molar refractivity (Wildman–Crippen MR) is 66.1 cm³/mol. The van der Waals surface area contributed by atoms with Gasteiger partial charge in [0.1, 0.15) is 6.10 Å². The maximum Gasteiger partial charge on any atom is 0.240 e. The van der Waals surface area contributed by atoms with Crippen LogP contribution in [-0.4, -0.2) is 42.7 Å². The molecule has 19 heavy (non-hydrogen) atoms. The molecule has 2 atom stereocenters. The van der Waals surface area contributed by atoms with Crippen LogP contribution in [0.4, 0.5) is 0 Å². The van der Waals surface area contributed by atoms with Gasteiger partial charge < -0.3 is 14.6 Å². The largest absolute Gasteiger partial charge is 0.370 e. The molecule has 3 rings (SSSR count). The molecule has 0 saturated carbocycles. The fourth-order valence-corrected chi connectivity index (χ4v) is 4.15. The van der Waals surface area contributed by atoms with Gasteiger partial charge in [-0.15, -0.1) is 0 Å². The summed E-state index contributed by atoms with van der Waals surface area (Å²) in [5, 5.41) is 7.04. The highest BCUT2D eigenvalue weighted by Crippen LogP contribution is 2.26. The van der Waals surface area contributed by atoms with E-state index in [1.807, 2.05) is 0 Å². The van der Waals surface area contributed by atoms with Crippen molar-refractivity contribution in [2.75, 3.05) is 18.1 Å². The van der Waals surface area contributed by atoms with Gasteiger partial charge >= 0.3 is 0 Å². The third-order valence-electron chi connectivity index (χ3n) is 3.48. The fourth-order valence-electron chi connectivity index (χ4n) is 2.44. The number of rotatable bonds is 4. The third kappa shape index (κ3) is 3.13. The zero-order valence-corrected chi connectivity index (χ0v) is 11.4. The Morgan fingerprint density at radius 1 is 1.37 bits per heavy atom. The Bertz CT molecular complexity index is 536. The van der Waals surface area contributed by atoms with Gasteiger partial charge in [-0.1, -0.05) is 5.16 Å². The van der Waals surface area contributed by atoms with Crippen molar-refractivity contribution in [1.82, 2.24) is 15.5 Å². The van der Waals surface area contributed by atoms with Crippen LogP contribution in [-0.2, 0) is 21.1 Å². The van der Waals surface area contributed by atoms with Gasteiger partial charge in [-0.3, -0.25) is 0 Å². The van der Waals surface area contributed by atoms with Crippen LogP contribution in [0.25, 0.3) is 0 Å². The van der Waals surface area contributed by atoms with E-state index < -0.39 is 9.84 Å². The van der Waals surface area contributed by atoms with Crippen LogP contribution in [0.15, 0.2) is 4.52 Å². The summed E-state index contributed by atoms with van der Waals surface area (Å²) in [5.74, 6) is 1.53. The molecule has 0 aliphatic carbocycles. The number of nitrogens with zero attached hydrogens (tertiary/aromatic N) is 2. The molecular formula is C11H17N3O4S. The number of aromatic nitrogens is 2. The molecule has 0 amide bonds. The van der Waals surface area contributed by atoms with Crippen molar-refractivity contribution in [3.63, 3.8) is 0 Å². The van der Waals surface area contributed by atoms with Gasteiger partial charge in [0.15, 0.2) is 9.84 Å². The highest BCUT2D eigenvalue weighted by atomic mass is 32.2. The molecule has 0 bridgehead atoms. The van der Waals surface area contributed by atoms with Crippen LogP contribution in [0.3, 0.4) is 0 Å². The van der Waals surface area contributed by atoms with Crippen molar-refractivity contribution in [3.05, 3.63) is 11.7 Å². The number of ether oxygens (including phenoxy) is 1. The number of hydrogen-bond acceptors (Lipinski definition) is 7. The van der Waals surface area contributed by atoms with E-state index in [2.05, 4.69) is 15.5 Å². The third-order valence-corrected chi connectivity index (χ3v) is 5.24. The molecule has 1 N–H and O–H groups in total. The first-order valence-electron chi connectivity index (χ1n) is 6.50. The maximum atomic E-state index is 11.3. The van der Waals surface area contributed by atoms with Gasteiger partial charge in [0, 0.05) is 12.6 Å². The van der Waals surface area contributed by atoms with E-state index in [0.717, 1.165) is 19.4 Å². The Labute approximate surface area is 111 Å². The Morgan fingerprint density at radius 2 is 2.26 bits per heavy atom. The van der Waals surface area contributed by atoms with E-state index in [1.54, 1.807) is 0 Å². The van der Waals surface area contributed by atoms with Gasteiger partial charge in [0.2, 0.25) is 11.7 Å². The maximum absolute atomic E-state index is 11.3. The lowest BCUT2D eigenvalue weighted by Crippen LogP contribution is -2.29. The van der Waals surface area contributed by atoms with E-state index in [9.17, 15) is 8.42 Å². The van der Waals surface area contributed by atoms with E-state index in [1.165, 1.54) is 0 Å². The van der Waals surface area contributed by atoms with Crippen molar-refractivity contribution in [2.45, 2.75) is 38.0 Å². The second-order valence-corrected chi connectivity index (χ2v) is 7.26. The first-order chi connectivity index (χ1) is 9.12. The van der Waals surface area contributed by atoms with Crippen molar-refractivity contribution in [3.8, 4) is 0 Å². The molecule has 2 unspecified atom stereocenters. The van der Waals surface area contributed by atoms with Crippen molar-refractivity contribution in [2.24, 2.45) is 0 Å². The molecule has 1 aromatic heterocycles. The zero-order chi connectivity index (χ0) is 13.3. The Balaban J connectivity index is 1.53. The van der Waals surface area contributed by atoms with Crippen LogP contribution in [0.1, 0.15) is 37.1 Å². The van der Waals surface area contributed by atoms with Gasteiger partial charge in [0.05, 0.1) is 18.1 Å². The quantitative estimate of drug-likeness (QED) is 0.845. The molecule has 2 fully saturated rings. The smallest absolute Gasteiger partial charge is 0.240 e. The molecule has 1 aromatic rings. The van der Waals surface area contributed by atoms with Crippen LogP contribution < -0.4 is 5.32 Å². The van der Waals surface area contributed by atoms with Crippen molar-refractivity contribution in [1.29, 1.82) is 0 Å². The molecule has 0 radical (unpaired) electrons. The molecule has 2 saturated heterocycles. The average Bonchev–Trinajstić information content (AvgIpc) is 3.04. The highest BCUT2D eigenvalue weighted by molar-refractivity contribution is 7.91. The minimum absolute atomic E-state index is 0.0110. The molecule has 8 heteroatoms. The number of nitrogens with one attached hydrogen (secondary N) is 1. The lowest BCUT2D eigenvalue weighted by Gasteiger charge is -2.07. The minimum Gasteiger partial charge on any atom is -0.370 e. The van der Waals surface area contributed by atoms with E-state index in [-0.39, 0.29) is 23.7 Å². The highest BCUT2D eigenvalue weighted by Gasteiger charge is 2.28. The van der Waals surface area contributed by atoms with Crippen molar-refractivity contribution >= 4 is 9.84 Å². The lowest BCUT2D eigenvalue weighted by molar-refractivity contribution is 0.103. The van der Waals surface area contributed by atoms with Crippen molar-refractivity contribution < 1.29 is 17.7 Å². The normalized spacial score (nSPS) is 29.9. The van der Waals surface area contributed by atoms with E-state index in [0.29, 0.717) is 24.7 Å². The van der Waals surface area contributed by atoms with Crippen LogP contribution in [0.2, 0.25) is 0 Å². The topological polar surface area (TPSA) is 94.3 Å². The summed E-state index contributed by atoms with van der Waals surface area (Å²) in [5.41, 5.74) is 0. The number of hydrogen-bond donors (Lipinski definition) is 1. The molecule has 2 aliphatic heterocycles. The van der Waals surface area contributed by atoms with Crippen LogP contribution in [0.5, 0.6) is 0 Å². The molecule has 3 heterocycles. The van der Waals surface area contributed by atoms with Gasteiger partial charge in [0.25, 0.3) is 0 Å². The summed E-state index contributed by atoms with van der Waals surface area (Å²) in [6.07, 6.45) is 2.54. The zero-order valence-electron chi connectivity index (χ0n) is 10.5. The minimum atomic E-state index is -2.86. The Kier molecular flexibility index (Phi) is 3.55. The Hall–Kier alpha value is -0.990. The molecule has 106 valence electrons. The summed E-state index contributed by atoms with van der Waals surface area (Å²) in [4.78, 5) is 4.27.